The molecule has 2 aromatic carbocycles. The molecule has 10 nitrogen and oxygen atoms in total. The van der Waals surface area contributed by atoms with Crippen molar-refractivity contribution >= 4 is 23.6 Å². The van der Waals surface area contributed by atoms with Crippen molar-refractivity contribution in [2.24, 2.45) is 0 Å². The first kappa shape index (κ1) is 38.7. The molecule has 0 saturated carbocycles. The van der Waals surface area contributed by atoms with Crippen LogP contribution in [0.4, 0.5) is 0 Å². The van der Waals surface area contributed by atoms with Crippen molar-refractivity contribution in [2.45, 2.75) is 82.7 Å². The minimum atomic E-state index is -0.509. The van der Waals surface area contributed by atoms with Crippen LogP contribution in [0.25, 0.3) is 0 Å². The van der Waals surface area contributed by atoms with Gasteiger partial charge < -0.3 is 10.6 Å². The summed E-state index contributed by atoms with van der Waals surface area (Å²) >= 11 is 0. The Morgan fingerprint density at radius 3 is 1.14 bits per heavy atom. The van der Waals surface area contributed by atoms with Crippen molar-refractivity contribution in [3.63, 3.8) is 0 Å². The van der Waals surface area contributed by atoms with Crippen LogP contribution < -0.4 is 21.3 Å². The van der Waals surface area contributed by atoms with Gasteiger partial charge in [0.05, 0.1) is 12.1 Å². The highest BCUT2D eigenvalue weighted by Crippen LogP contribution is 2.11. The predicted octanol–water partition coefficient (Wildman–Crippen LogP) is 5.60. The zero-order chi connectivity index (χ0) is 35.9. The van der Waals surface area contributed by atoms with E-state index in [2.05, 4.69) is 31.2 Å². The molecule has 10 heteroatoms. The fraction of sp³-hybridized carbons (Fsp3) is 0.366. The molecular weight excluding hydrogens is 640 g/mol. The molecular formula is C41H50N6O4. The smallest absolute Gasteiger partial charge is 0.257 e. The van der Waals surface area contributed by atoms with Gasteiger partial charge in [-0.05, 0) is 74.2 Å². The van der Waals surface area contributed by atoms with Crippen LogP contribution in [-0.4, -0.2) is 58.8 Å². The fourth-order valence-electron chi connectivity index (χ4n) is 5.80. The first-order valence-corrected chi connectivity index (χ1v) is 18.0. The van der Waals surface area contributed by atoms with Crippen LogP contribution in [0.5, 0.6) is 0 Å². The lowest BCUT2D eigenvalue weighted by molar-refractivity contribution is -0.123. The molecule has 0 aliphatic heterocycles. The van der Waals surface area contributed by atoms with E-state index in [9.17, 15) is 19.2 Å². The number of unbranched alkanes of at least 4 members (excludes halogenated alkanes) is 8. The Morgan fingerprint density at radius 1 is 0.451 bits per heavy atom. The maximum atomic E-state index is 13.0. The number of pyridine rings is 2. The molecule has 0 aliphatic carbocycles. The van der Waals surface area contributed by atoms with E-state index in [1.807, 2.05) is 60.7 Å². The number of aromatic nitrogens is 2. The van der Waals surface area contributed by atoms with Crippen molar-refractivity contribution in [3.8, 4) is 0 Å². The summed E-state index contributed by atoms with van der Waals surface area (Å²) in [7, 11) is 0. The monoisotopic (exact) mass is 690 g/mol. The van der Waals surface area contributed by atoms with Crippen LogP contribution in [0.2, 0.25) is 0 Å². The number of amides is 4. The number of hydrogen-bond donors (Lipinski definition) is 4. The van der Waals surface area contributed by atoms with Crippen molar-refractivity contribution in [1.82, 2.24) is 31.2 Å². The molecule has 2 unspecified atom stereocenters. The second kappa shape index (κ2) is 22.6. The largest absolute Gasteiger partial charge is 0.306 e. The van der Waals surface area contributed by atoms with Gasteiger partial charge in [0.25, 0.3) is 11.8 Å². The Bertz CT molecular complexity index is 1490. The third-order valence-corrected chi connectivity index (χ3v) is 8.69. The van der Waals surface area contributed by atoms with Crippen LogP contribution in [0, 0.1) is 0 Å². The van der Waals surface area contributed by atoms with E-state index in [1.54, 1.807) is 24.3 Å². The highest BCUT2D eigenvalue weighted by atomic mass is 16.2. The number of benzene rings is 2. The van der Waals surface area contributed by atoms with E-state index in [0.29, 0.717) is 37.1 Å². The summed E-state index contributed by atoms with van der Waals surface area (Å²) in [5, 5.41) is 11.8. The van der Waals surface area contributed by atoms with Gasteiger partial charge in [0.1, 0.15) is 0 Å². The molecule has 2 aromatic heterocycles. The van der Waals surface area contributed by atoms with Gasteiger partial charge in [0, 0.05) is 35.9 Å². The quantitative estimate of drug-likeness (QED) is 0.0781. The number of nitrogens with one attached hydrogen (secondary N) is 4. The van der Waals surface area contributed by atoms with Crippen molar-refractivity contribution < 1.29 is 19.2 Å². The van der Waals surface area contributed by atoms with Gasteiger partial charge in [-0.1, -0.05) is 106 Å². The van der Waals surface area contributed by atoms with E-state index in [1.165, 1.54) is 31.2 Å². The third kappa shape index (κ3) is 14.8. The van der Waals surface area contributed by atoms with Gasteiger partial charge in [-0.25, -0.2) is 0 Å². The van der Waals surface area contributed by atoms with Gasteiger partial charge in [-0.15, -0.1) is 0 Å². The van der Waals surface area contributed by atoms with Crippen LogP contribution in [0.15, 0.2) is 110 Å². The molecule has 268 valence electrons. The summed E-state index contributed by atoms with van der Waals surface area (Å²) < 4.78 is 0. The summed E-state index contributed by atoms with van der Waals surface area (Å²) in [6.45, 7) is 1.39. The Kier molecular flexibility index (Phi) is 17.2. The topological polar surface area (TPSA) is 142 Å². The highest BCUT2D eigenvalue weighted by molar-refractivity contribution is 6.06. The molecule has 0 bridgehead atoms. The number of carbonyl (C=O) groups excluding carboxylic acids is 4. The van der Waals surface area contributed by atoms with Crippen LogP contribution in [0.3, 0.4) is 0 Å². The van der Waals surface area contributed by atoms with Gasteiger partial charge in [-0.2, -0.15) is 0 Å². The fourth-order valence-corrected chi connectivity index (χ4v) is 5.80. The Morgan fingerprint density at radius 2 is 0.784 bits per heavy atom. The van der Waals surface area contributed by atoms with Crippen molar-refractivity contribution in [3.05, 3.63) is 132 Å². The molecule has 0 fully saturated rings. The Labute approximate surface area is 301 Å². The lowest BCUT2D eigenvalue weighted by Gasteiger charge is -2.18. The van der Waals surface area contributed by atoms with Gasteiger partial charge >= 0.3 is 0 Å². The first-order valence-electron chi connectivity index (χ1n) is 18.0. The number of imide groups is 2. The maximum absolute atomic E-state index is 13.0. The second-order valence-electron chi connectivity index (χ2n) is 12.7. The average Bonchev–Trinajstić information content (AvgIpc) is 3.17. The zero-order valence-corrected chi connectivity index (χ0v) is 29.3. The highest BCUT2D eigenvalue weighted by Gasteiger charge is 2.22. The molecule has 4 aromatic rings. The van der Waals surface area contributed by atoms with Crippen LogP contribution in [0.1, 0.15) is 89.6 Å². The molecule has 0 radical (unpaired) electrons. The van der Waals surface area contributed by atoms with Gasteiger partial charge in [-0.3, -0.25) is 39.8 Å². The lowest BCUT2D eigenvalue weighted by atomic mass is 10.0. The first-order chi connectivity index (χ1) is 25.0. The molecule has 0 saturated heterocycles. The molecule has 51 heavy (non-hydrogen) atoms. The number of rotatable bonds is 22. The van der Waals surface area contributed by atoms with E-state index in [-0.39, 0.29) is 11.8 Å². The van der Waals surface area contributed by atoms with Crippen molar-refractivity contribution in [2.75, 3.05) is 13.1 Å². The number of carbonyl (C=O) groups is 4. The molecule has 4 rings (SSSR count). The second-order valence-corrected chi connectivity index (χ2v) is 12.7. The molecule has 2 heterocycles. The van der Waals surface area contributed by atoms with E-state index >= 15 is 0 Å². The average molecular weight is 691 g/mol. The van der Waals surface area contributed by atoms with Crippen LogP contribution in [-0.2, 0) is 22.4 Å². The summed E-state index contributed by atoms with van der Waals surface area (Å²) in [5.74, 6) is -1.52. The van der Waals surface area contributed by atoms with Crippen molar-refractivity contribution in [1.29, 1.82) is 0 Å². The SMILES string of the molecule is O=C(NC(=O)C(Cc1ccccc1)NCCCCCCCCCCCNC(Cc1ccccc1)C(=O)NC(=O)c1ccncc1)c1ccncc1. The minimum absolute atomic E-state index is 0.332. The van der Waals surface area contributed by atoms with E-state index in [0.717, 1.165) is 62.5 Å². The van der Waals surface area contributed by atoms with E-state index < -0.39 is 23.9 Å². The summed E-state index contributed by atoms with van der Waals surface area (Å²) in [6.07, 6.45) is 16.9. The summed E-state index contributed by atoms with van der Waals surface area (Å²) in [6, 6.07) is 25.0. The van der Waals surface area contributed by atoms with E-state index in [4.69, 9.17) is 0 Å². The minimum Gasteiger partial charge on any atom is -0.306 e. The standard InChI is InChI=1S/C41H50N6O4/c48-38(34-20-26-42-27-21-34)46-40(50)36(30-32-16-10-8-11-17-32)44-24-14-6-4-2-1-3-5-7-15-25-45-37(31-33-18-12-9-13-19-33)41(51)47-39(49)35-22-28-43-29-23-35/h8-13,16-23,26-29,36-37,44-45H,1-7,14-15,24-25,30-31H2,(H,46,48,50)(H,47,49,51). The maximum Gasteiger partial charge on any atom is 0.257 e. The molecule has 4 N–H and O–H groups in total. The Balaban J connectivity index is 1.08. The van der Waals surface area contributed by atoms with Crippen LogP contribution >= 0.6 is 0 Å². The zero-order valence-electron chi connectivity index (χ0n) is 29.3. The molecule has 0 aliphatic rings. The molecule has 4 amide bonds. The summed E-state index contributed by atoms with van der Waals surface area (Å²) in [5.41, 5.74) is 2.86. The normalized spacial score (nSPS) is 12.1. The lowest BCUT2D eigenvalue weighted by Crippen LogP contribution is -2.47. The molecule has 0 spiro atoms. The number of nitrogens with zero attached hydrogens (tertiary/aromatic N) is 2. The summed E-state index contributed by atoms with van der Waals surface area (Å²) in [4.78, 5) is 59.1. The number of hydrogen-bond acceptors (Lipinski definition) is 8. The third-order valence-electron chi connectivity index (χ3n) is 8.69. The van der Waals surface area contributed by atoms with Gasteiger partial charge in [0.15, 0.2) is 0 Å². The predicted molar refractivity (Wildman–Crippen MR) is 199 cm³/mol. The molecule has 2 atom stereocenters. The van der Waals surface area contributed by atoms with Gasteiger partial charge in [0.2, 0.25) is 11.8 Å². The Hall–Kier alpha value is -5.06.